The van der Waals surface area contributed by atoms with Crippen LogP contribution in [0.3, 0.4) is 0 Å². The number of hydrogen-bond donors (Lipinski definition) is 1. The number of hydrogen-bond acceptors (Lipinski definition) is 3. The molecular formula is C23H21NO3. The molecule has 1 amide bonds. The van der Waals surface area contributed by atoms with Crippen LogP contribution in [0.4, 0.5) is 0 Å². The van der Waals surface area contributed by atoms with Crippen LogP contribution in [0, 0.1) is 24.7 Å². The number of nitrogens with one attached hydrogen (secondary N) is 1. The summed E-state index contributed by atoms with van der Waals surface area (Å²) in [5, 5.41) is 2.73. The second-order valence-corrected chi connectivity index (χ2v) is 7.47. The van der Waals surface area contributed by atoms with E-state index in [1.54, 1.807) is 30.3 Å². The van der Waals surface area contributed by atoms with Crippen LogP contribution in [-0.4, -0.2) is 17.5 Å². The van der Waals surface area contributed by atoms with Crippen LogP contribution in [0.15, 0.2) is 66.4 Å². The second kappa shape index (κ2) is 6.62. The lowest BCUT2D eigenvalue weighted by Gasteiger charge is -2.22. The first-order valence-corrected chi connectivity index (χ1v) is 9.20. The monoisotopic (exact) mass is 359 g/mol. The Bertz CT molecular complexity index is 943. The summed E-state index contributed by atoms with van der Waals surface area (Å²) in [4.78, 5) is 38.3. The maximum Gasteiger partial charge on any atom is 0.255 e. The van der Waals surface area contributed by atoms with Crippen molar-refractivity contribution < 1.29 is 14.4 Å². The fourth-order valence-corrected chi connectivity index (χ4v) is 4.30. The minimum atomic E-state index is -0.719. The van der Waals surface area contributed by atoms with Crippen LogP contribution < -0.4 is 5.32 Å². The Morgan fingerprint density at radius 2 is 1.63 bits per heavy atom. The van der Waals surface area contributed by atoms with Crippen LogP contribution in [0.2, 0.25) is 0 Å². The molecule has 2 aliphatic carbocycles. The van der Waals surface area contributed by atoms with Crippen LogP contribution in [0.1, 0.15) is 34.3 Å². The molecule has 2 aliphatic rings. The molecule has 0 radical (unpaired) electrons. The smallest absolute Gasteiger partial charge is 0.255 e. The zero-order valence-corrected chi connectivity index (χ0v) is 15.3. The molecule has 1 fully saturated rings. The first-order valence-electron chi connectivity index (χ1n) is 9.20. The average Bonchev–Trinajstić information content (AvgIpc) is 2.85. The summed E-state index contributed by atoms with van der Waals surface area (Å²) >= 11 is 0. The van der Waals surface area contributed by atoms with E-state index in [4.69, 9.17) is 0 Å². The molecule has 0 aromatic heterocycles. The van der Waals surface area contributed by atoms with Crippen molar-refractivity contribution in [1.29, 1.82) is 0 Å². The predicted molar refractivity (Wildman–Crippen MR) is 102 cm³/mol. The average molecular weight is 359 g/mol. The van der Waals surface area contributed by atoms with Crippen molar-refractivity contribution in [3.05, 3.63) is 83.1 Å². The third-order valence-corrected chi connectivity index (χ3v) is 5.77. The largest absolute Gasteiger partial charge is 0.319 e. The number of Topliss-reactive ketones (excluding diaryl/α,β-unsaturated/α-hetero) is 2. The zero-order chi connectivity index (χ0) is 19.1. The number of carbonyl (C=O) groups is 3. The van der Waals surface area contributed by atoms with Gasteiger partial charge < -0.3 is 5.32 Å². The molecule has 27 heavy (non-hydrogen) atoms. The molecule has 1 saturated carbocycles. The molecule has 2 bridgehead atoms. The highest BCUT2D eigenvalue weighted by Crippen LogP contribution is 2.49. The van der Waals surface area contributed by atoms with Gasteiger partial charge in [-0.1, -0.05) is 55.0 Å². The number of benzene rings is 2. The number of amides is 1. The van der Waals surface area contributed by atoms with Crippen LogP contribution in [0.5, 0.6) is 0 Å². The highest BCUT2D eigenvalue weighted by Gasteiger charge is 2.54. The number of allylic oxidation sites excluding steroid dienone is 2. The standard InChI is InChI=1S/C23H21NO3/c1-13-8-10-15(11-9-13)19-14(2)17-12-18(22(26)20(19)21(17)25)24-23(27)16-6-4-3-5-7-16/h3-12,14,17,19-20H,1-2H3,(H,24,27)/t14-,17-,19-,20+/m0/s1. The first-order chi connectivity index (χ1) is 13.0. The second-order valence-electron chi connectivity index (χ2n) is 7.47. The van der Waals surface area contributed by atoms with E-state index < -0.39 is 5.92 Å². The minimum absolute atomic E-state index is 0.0142. The van der Waals surface area contributed by atoms with E-state index in [0.29, 0.717) is 5.56 Å². The lowest BCUT2D eigenvalue weighted by Crippen LogP contribution is -2.37. The Hall–Kier alpha value is -3.01. The lowest BCUT2D eigenvalue weighted by atomic mass is 9.81. The molecule has 1 N–H and O–H groups in total. The van der Waals surface area contributed by atoms with Crippen molar-refractivity contribution in [2.24, 2.45) is 17.8 Å². The van der Waals surface area contributed by atoms with E-state index in [0.717, 1.165) is 11.1 Å². The normalized spacial score (nSPS) is 26.7. The van der Waals surface area contributed by atoms with E-state index in [-0.39, 0.29) is 40.9 Å². The van der Waals surface area contributed by atoms with Gasteiger partial charge in [0, 0.05) is 17.4 Å². The van der Waals surface area contributed by atoms with E-state index in [2.05, 4.69) is 5.32 Å². The van der Waals surface area contributed by atoms with Crippen molar-refractivity contribution in [2.75, 3.05) is 0 Å². The van der Waals surface area contributed by atoms with Crippen LogP contribution in [-0.2, 0) is 9.59 Å². The van der Waals surface area contributed by atoms with Gasteiger partial charge in [0.2, 0.25) is 0 Å². The Kier molecular flexibility index (Phi) is 4.27. The summed E-state index contributed by atoms with van der Waals surface area (Å²) in [7, 11) is 0. The van der Waals surface area contributed by atoms with Crippen molar-refractivity contribution in [2.45, 2.75) is 19.8 Å². The molecule has 4 nitrogen and oxygen atoms in total. The number of aryl methyl sites for hydroxylation is 1. The summed E-state index contributed by atoms with van der Waals surface area (Å²) in [5.74, 6) is -1.85. The fraction of sp³-hybridized carbons (Fsp3) is 0.261. The molecule has 0 aliphatic heterocycles. The van der Waals surface area contributed by atoms with Crippen LogP contribution in [0.25, 0.3) is 0 Å². The van der Waals surface area contributed by atoms with Crippen LogP contribution >= 0.6 is 0 Å². The lowest BCUT2D eigenvalue weighted by molar-refractivity contribution is -0.131. The van der Waals surface area contributed by atoms with Crippen molar-refractivity contribution >= 4 is 17.5 Å². The van der Waals surface area contributed by atoms with Gasteiger partial charge in [0.05, 0.1) is 11.6 Å². The van der Waals surface area contributed by atoms with E-state index in [1.807, 2.05) is 44.2 Å². The molecule has 0 heterocycles. The van der Waals surface area contributed by atoms with Gasteiger partial charge >= 0.3 is 0 Å². The maximum absolute atomic E-state index is 13.1. The number of ketones is 2. The van der Waals surface area contributed by atoms with Gasteiger partial charge in [0.25, 0.3) is 5.91 Å². The van der Waals surface area contributed by atoms with E-state index in [1.165, 1.54) is 0 Å². The molecule has 4 atom stereocenters. The molecule has 0 unspecified atom stereocenters. The summed E-state index contributed by atoms with van der Waals surface area (Å²) in [6.07, 6.45) is 1.65. The molecule has 4 rings (SSSR count). The van der Waals surface area contributed by atoms with Gasteiger partial charge in [-0.2, -0.15) is 0 Å². The number of rotatable bonds is 3. The molecule has 2 aromatic rings. The minimum Gasteiger partial charge on any atom is -0.319 e. The van der Waals surface area contributed by atoms with E-state index in [9.17, 15) is 14.4 Å². The van der Waals surface area contributed by atoms with Gasteiger partial charge in [-0.3, -0.25) is 14.4 Å². The molecule has 2 aromatic carbocycles. The van der Waals surface area contributed by atoms with Gasteiger partial charge in [0.1, 0.15) is 0 Å². The van der Waals surface area contributed by atoms with E-state index >= 15 is 0 Å². The van der Waals surface area contributed by atoms with Gasteiger partial charge in [0.15, 0.2) is 11.6 Å². The number of carbonyl (C=O) groups excluding carboxylic acids is 3. The van der Waals surface area contributed by atoms with Gasteiger partial charge in [-0.05, 0) is 36.6 Å². The van der Waals surface area contributed by atoms with Gasteiger partial charge in [-0.25, -0.2) is 0 Å². The summed E-state index contributed by atoms with van der Waals surface area (Å²) < 4.78 is 0. The topological polar surface area (TPSA) is 63.2 Å². The van der Waals surface area contributed by atoms with Crippen molar-refractivity contribution in [3.63, 3.8) is 0 Å². The first kappa shape index (κ1) is 17.4. The van der Waals surface area contributed by atoms with Crippen molar-refractivity contribution in [1.82, 2.24) is 5.32 Å². The summed E-state index contributed by atoms with van der Waals surface area (Å²) in [6.45, 7) is 4.02. The summed E-state index contributed by atoms with van der Waals surface area (Å²) in [6, 6.07) is 16.8. The molecule has 136 valence electrons. The Morgan fingerprint density at radius 3 is 2.30 bits per heavy atom. The summed E-state index contributed by atoms with van der Waals surface area (Å²) in [5.41, 5.74) is 2.88. The zero-order valence-electron chi connectivity index (χ0n) is 15.3. The fourth-order valence-electron chi connectivity index (χ4n) is 4.30. The molecule has 4 heteroatoms. The third kappa shape index (κ3) is 2.91. The maximum atomic E-state index is 13.1. The number of fused-ring (bicyclic) bond motifs is 2. The van der Waals surface area contributed by atoms with Gasteiger partial charge in [-0.15, -0.1) is 0 Å². The quantitative estimate of drug-likeness (QED) is 0.854. The Balaban J connectivity index is 1.64. The third-order valence-electron chi connectivity index (χ3n) is 5.77. The highest BCUT2D eigenvalue weighted by atomic mass is 16.2. The highest BCUT2D eigenvalue weighted by molar-refractivity contribution is 6.18. The predicted octanol–water partition coefficient (Wildman–Crippen LogP) is 3.43. The Labute approximate surface area is 158 Å². The van der Waals surface area contributed by atoms with Crippen molar-refractivity contribution in [3.8, 4) is 0 Å². The Morgan fingerprint density at radius 1 is 0.963 bits per heavy atom. The molecule has 0 spiro atoms. The molecule has 0 saturated heterocycles. The SMILES string of the molecule is Cc1ccc([C@H]2[C@H]3C(=O)C(NC(=O)c4ccccc4)=C[C@H](C3=O)[C@@H]2C)cc1. The molecular weight excluding hydrogens is 338 g/mol.